The number of piperidine rings is 1. The van der Waals surface area contributed by atoms with E-state index in [4.69, 9.17) is 11.6 Å². The number of carbonyl (C=O) groups excluding carboxylic acids is 2. The molecule has 0 bridgehead atoms. The molecule has 1 aromatic rings. The minimum atomic E-state index is -0.133. The number of urea groups is 1. The first-order chi connectivity index (χ1) is 11.5. The minimum Gasteiger partial charge on any atom is -0.337 e. The molecule has 1 fully saturated rings. The molecule has 0 radical (unpaired) electrons. The quantitative estimate of drug-likeness (QED) is 0.843. The second-order valence-corrected chi connectivity index (χ2v) is 6.60. The van der Waals surface area contributed by atoms with Crippen LogP contribution in [0, 0.1) is 6.92 Å². The van der Waals surface area contributed by atoms with E-state index in [1.54, 1.807) is 12.1 Å². The third kappa shape index (κ3) is 4.87. The van der Waals surface area contributed by atoms with Crippen molar-refractivity contribution in [2.45, 2.75) is 52.0 Å². The minimum absolute atomic E-state index is 0.0618. The number of amides is 3. The molecule has 1 aliphatic heterocycles. The van der Waals surface area contributed by atoms with Crippen molar-refractivity contribution in [3.8, 4) is 0 Å². The summed E-state index contributed by atoms with van der Waals surface area (Å²) in [5, 5.41) is 6.32. The fourth-order valence-corrected chi connectivity index (χ4v) is 3.21. The van der Waals surface area contributed by atoms with Crippen molar-refractivity contribution in [2.24, 2.45) is 0 Å². The van der Waals surface area contributed by atoms with Crippen molar-refractivity contribution >= 4 is 29.2 Å². The summed E-state index contributed by atoms with van der Waals surface area (Å²) in [5.74, 6) is -0.133. The lowest BCUT2D eigenvalue weighted by molar-refractivity contribution is -0.116. The average Bonchev–Trinajstić information content (AvgIpc) is 2.58. The number of likely N-dealkylation sites (tertiary alicyclic amines) is 1. The lowest BCUT2D eigenvalue weighted by Crippen LogP contribution is -2.48. The normalized spacial score (nSPS) is 17.5. The van der Waals surface area contributed by atoms with Gasteiger partial charge in [0.2, 0.25) is 5.91 Å². The van der Waals surface area contributed by atoms with E-state index in [0.717, 1.165) is 31.4 Å². The van der Waals surface area contributed by atoms with Crippen LogP contribution in [-0.4, -0.2) is 36.0 Å². The van der Waals surface area contributed by atoms with Crippen molar-refractivity contribution in [3.63, 3.8) is 0 Å². The number of nitrogens with zero attached hydrogens (tertiary/aromatic N) is 1. The number of nitrogens with one attached hydrogen (secondary N) is 2. The molecule has 6 heteroatoms. The Balaban J connectivity index is 1.77. The first-order valence-electron chi connectivity index (χ1n) is 8.62. The highest BCUT2D eigenvalue weighted by atomic mass is 35.5. The maximum Gasteiger partial charge on any atom is 0.317 e. The molecule has 24 heavy (non-hydrogen) atoms. The predicted molar refractivity (Wildman–Crippen MR) is 97.5 cm³/mol. The molecule has 0 aliphatic carbocycles. The number of hydrogen-bond donors (Lipinski definition) is 2. The Morgan fingerprint density at radius 3 is 2.88 bits per heavy atom. The van der Waals surface area contributed by atoms with E-state index in [2.05, 4.69) is 17.6 Å². The molecule has 1 atom stereocenters. The van der Waals surface area contributed by atoms with E-state index in [0.29, 0.717) is 23.3 Å². The second kappa shape index (κ2) is 8.92. The molecule has 2 rings (SSSR count). The predicted octanol–water partition coefficient (Wildman–Crippen LogP) is 3.95. The highest BCUT2D eigenvalue weighted by molar-refractivity contribution is 6.31. The third-order valence-corrected chi connectivity index (χ3v) is 4.94. The first-order valence-corrected chi connectivity index (χ1v) is 9.00. The molecule has 3 amide bonds. The summed E-state index contributed by atoms with van der Waals surface area (Å²) in [4.78, 5) is 26.2. The van der Waals surface area contributed by atoms with Crippen molar-refractivity contribution in [1.29, 1.82) is 0 Å². The number of anilines is 1. The van der Waals surface area contributed by atoms with Gasteiger partial charge < -0.3 is 15.5 Å². The SMILES string of the molecule is CCC1CCCCN1C(=O)NCCC(=O)Nc1cccc(Cl)c1C. The summed E-state index contributed by atoms with van der Waals surface area (Å²) >= 11 is 6.04. The van der Waals surface area contributed by atoms with Gasteiger partial charge in [-0.15, -0.1) is 0 Å². The Morgan fingerprint density at radius 2 is 2.12 bits per heavy atom. The van der Waals surface area contributed by atoms with Gasteiger partial charge in [-0.2, -0.15) is 0 Å². The van der Waals surface area contributed by atoms with Gasteiger partial charge in [-0.25, -0.2) is 4.79 Å². The van der Waals surface area contributed by atoms with E-state index >= 15 is 0 Å². The van der Waals surface area contributed by atoms with Gasteiger partial charge in [0.15, 0.2) is 0 Å². The first kappa shape index (κ1) is 18.6. The lowest BCUT2D eigenvalue weighted by Gasteiger charge is -2.35. The van der Waals surface area contributed by atoms with Gasteiger partial charge in [0, 0.05) is 36.3 Å². The second-order valence-electron chi connectivity index (χ2n) is 6.19. The molecular formula is C18H26ClN3O2. The van der Waals surface area contributed by atoms with Crippen molar-refractivity contribution < 1.29 is 9.59 Å². The molecular weight excluding hydrogens is 326 g/mol. The highest BCUT2D eigenvalue weighted by Gasteiger charge is 2.24. The summed E-state index contributed by atoms with van der Waals surface area (Å²) in [6.45, 7) is 5.10. The topological polar surface area (TPSA) is 61.4 Å². The summed E-state index contributed by atoms with van der Waals surface area (Å²) < 4.78 is 0. The summed E-state index contributed by atoms with van der Waals surface area (Å²) in [5.41, 5.74) is 1.55. The van der Waals surface area contributed by atoms with Crippen LogP contribution in [0.25, 0.3) is 0 Å². The van der Waals surface area contributed by atoms with Crippen LogP contribution >= 0.6 is 11.6 Å². The fourth-order valence-electron chi connectivity index (χ4n) is 3.03. The Bertz CT molecular complexity index is 592. The van der Waals surface area contributed by atoms with Gasteiger partial charge >= 0.3 is 6.03 Å². The smallest absolute Gasteiger partial charge is 0.317 e. The molecule has 1 aliphatic rings. The van der Waals surface area contributed by atoms with Gasteiger partial charge in [0.25, 0.3) is 0 Å². The number of carbonyl (C=O) groups is 2. The Labute approximate surface area is 148 Å². The maximum atomic E-state index is 12.3. The Hall–Kier alpha value is -1.75. The Morgan fingerprint density at radius 1 is 1.33 bits per heavy atom. The molecule has 132 valence electrons. The standard InChI is InChI=1S/C18H26ClN3O2/c1-3-14-7-4-5-12-22(14)18(24)20-11-10-17(23)21-16-9-6-8-15(19)13(16)2/h6,8-9,14H,3-5,7,10-12H2,1-2H3,(H,20,24)(H,21,23). The zero-order chi connectivity index (χ0) is 17.5. The fraction of sp³-hybridized carbons (Fsp3) is 0.556. The molecule has 1 aromatic carbocycles. The molecule has 0 aromatic heterocycles. The van der Waals surface area contributed by atoms with E-state index < -0.39 is 0 Å². The largest absolute Gasteiger partial charge is 0.337 e. The van der Waals surface area contributed by atoms with E-state index in [-0.39, 0.29) is 18.4 Å². The monoisotopic (exact) mass is 351 g/mol. The molecule has 2 N–H and O–H groups in total. The van der Waals surface area contributed by atoms with E-state index in [9.17, 15) is 9.59 Å². The van der Waals surface area contributed by atoms with Crippen LogP contribution in [0.5, 0.6) is 0 Å². The number of hydrogen-bond acceptors (Lipinski definition) is 2. The molecule has 1 heterocycles. The summed E-state index contributed by atoms with van der Waals surface area (Å²) in [6.07, 6.45) is 4.52. The average molecular weight is 352 g/mol. The number of rotatable bonds is 5. The van der Waals surface area contributed by atoms with Crippen LogP contribution in [0.1, 0.15) is 44.6 Å². The number of halogens is 1. The van der Waals surface area contributed by atoms with Crippen LogP contribution < -0.4 is 10.6 Å². The van der Waals surface area contributed by atoms with E-state index in [1.165, 1.54) is 6.42 Å². The van der Waals surface area contributed by atoms with Crippen LogP contribution in [-0.2, 0) is 4.79 Å². The molecule has 0 spiro atoms. The van der Waals surface area contributed by atoms with Crippen LogP contribution in [0.3, 0.4) is 0 Å². The number of benzene rings is 1. The summed E-state index contributed by atoms with van der Waals surface area (Å²) in [6, 6.07) is 5.66. The van der Waals surface area contributed by atoms with Crippen LogP contribution in [0.15, 0.2) is 18.2 Å². The molecule has 1 unspecified atom stereocenters. The molecule has 0 saturated carbocycles. The maximum absolute atomic E-state index is 12.3. The lowest BCUT2D eigenvalue weighted by atomic mass is 10.0. The van der Waals surface area contributed by atoms with E-state index in [1.807, 2.05) is 17.9 Å². The van der Waals surface area contributed by atoms with Crippen molar-refractivity contribution in [1.82, 2.24) is 10.2 Å². The Kier molecular flexibility index (Phi) is 6.91. The zero-order valence-corrected chi connectivity index (χ0v) is 15.2. The third-order valence-electron chi connectivity index (χ3n) is 4.53. The van der Waals surface area contributed by atoms with Crippen molar-refractivity contribution in [3.05, 3.63) is 28.8 Å². The van der Waals surface area contributed by atoms with Gasteiger partial charge in [0.1, 0.15) is 0 Å². The van der Waals surface area contributed by atoms with Gasteiger partial charge in [-0.3, -0.25) is 4.79 Å². The molecule has 5 nitrogen and oxygen atoms in total. The van der Waals surface area contributed by atoms with Gasteiger partial charge in [-0.1, -0.05) is 24.6 Å². The van der Waals surface area contributed by atoms with Crippen molar-refractivity contribution in [2.75, 3.05) is 18.4 Å². The molecule has 1 saturated heterocycles. The van der Waals surface area contributed by atoms with Crippen LogP contribution in [0.4, 0.5) is 10.5 Å². The highest BCUT2D eigenvalue weighted by Crippen LogP contribution is 2.23. The van der Waals surface area contributed by atoms with Crippen LogP contribution in [0.2, 0.25) is 5.02 Å². The van der Waals surface area contributed by atoms with Gasteiger partial charge in [0.05, 0.1) is 0 Å². The van der Waals surface area contributed by atoms with Gasteiger partial charge in [-0.05, 0) is 50.3 Å². The summed E-state index contributed by atoms with van der Waals surface area (Å²) in [7, 11) is 0. The zero-order valence-electron chi connectivity index (χ0n) is 14.4.